The summed E-state index contributed by atoms with van der Waals surface area (Å²) < 4.78 is 13.6. The average Bonchev–Trinajstić information content (AvgIpc) is 2.73. The number of nitrogens with one attached hydrogen (secondary N) is 2. The van der Waals surface area contributed by atoms with E-state index in [9.17, 15) is 23.6 Å². The molecular formula is C19H25FN5O4+. The molecule has 0 saturated carbocycles. The van der Waals surface area contributed by atoms with Gasteiger partial charge in [0, 0.05) is 25.2 Å². The zero-order valence-electron chi connectivity index (χ0n) is 16.0. The third-order valence-corrected chi connectivity index (χ3v) is 5.18. The molecule has 2 saturated heterocycles. The standard InChI is InChI=1S/C19H24FN5O4/c20-13-4-1-3-12(9-13)19(29)25-8-7-24(16(26)10-21)11-15(25)18(28)23-14-5-2-6-22-17(14)27/h1,3-4,9,14-15H,2,5-8,10-11,21H2,(H,22,27)(H,23,28)/p+1/t14-,15-/m0/s1. The van der Waals surface area contributed by atoms with E-state index in [0.717, 1.165) is 12.5 Å². The largest absolute Gasteiger partial charge is 0.354 e. The summed E-state index contributed by atoms with van der Waals surface area (Å²) in [5.74, 6) is -2.07. The molecule has 0 spiro atoms. The lowest BCUT2D eigenvalue weighted by atomic mass is 10.0. The number of nitrogens with zero attached hydrogens (tertiary/aromatic N) is 2. The Morgan fingerprint density at radius 1 is 1.28 bits per heavy atom. The molecule has 0 aromatic heterocycles. The Labute approximate surface area is 167 Å². The second kappa shape index (κ2) is 8.99. The predicted octanol–water partition coefficient (Wildman–Crippen LogP) is -1.88. The van der Waals surface area contributed by atoms with Gasteiger partial charge in [-0.1, -0.05) is 6.07 Å². The van der Waals surface area contributed by atoms with E-state index >= 15 is 0 Å². The summed E-state index contributed by atoms with van der Waals surface area (Å²) in [5, 5.41) is 5.38. The molecule has 0 radical (unpaired) electrons. The molecule has 3 rings (SSSR count). The fourth-order valence-electron chi connectivity index (χ4n) is 3.60. The topological polar surface area (TPSA) is 126 Å². The molecule has 0 bridgehead atoms. The molecule has 2 heterocycles. The van der Waals surface area contributed by atoms with Crippen molar-refractivity contribution in [2.75, 3.05) is 32.7 Å². The second-order valence-electron chi connectivity index (χ2n) is 7.11. The minimum atomic E-state index is -0.982. The monoisotopic (exact) mass is 406 g/mol. The van der Waals surface area contributed by atoms with Gasteiger partial charge in [-0.15, -0.1) is 0 Å². The van der Waals surface area contributed by atoms with Crippen LogP contribution in [0.5, 0.6) is 0 Å². The number of hydrogen-bond donors (Lipinski definition) is 3. The minimum absolute atomic E-state index is 0.00438. The number of carbonyl (C=O) groups excluding carboxylic acids is 4. The van der Waals surface area contributed by atoms with Crippen LogP contribution in [0, 0.1) is 5.82 Å². The summed E-state index contributed by atoms with van der Waals surface area (Å²) in [6, 6.07) is 3.58. The van der Waals surface area contributed by atoms with Crippen molar-refractivity contribution in [3.8, 4) is 0 Å². The van der Waals surface area contributed by atoms with E-state index in [2.05, 4.69) is 16.4 Å². The van der Waals surface area contributed by atoms with Crippen molar-refractivity contribution < 1.29 is 29.3 Å². The fourth-order valence-corrected chi connectivity index (χ4v) is 3.60. The molecule has 2 atom stereocenters. The first kappa shape index (κ1) is 20.7. The van der Waals surface area contributed by atoms with Crippen LogP contribution < -0.4 is 16.4 Å². The molecule has 1 aromatic carbocycles. The number of hydrogen-bond acceptors (Lipinski definition) is 4. The zero-order valence-corrected chi connectivity index (χ0v) is 16.0. The van der Waals surface area contributed by atoms with Crippen LogP contribution in [0.15, 0.2) is 24.3 Å². The third-order valence-electron chi connectivity index (χ3n) is 5.18. The maximum Gasteiger partial charge on any atom is 0.277 e. The SMILES string of the molecule is [NH3+]CC(=O)N1CCN(C(=O)c2cccc(F)c2)[C@H](C(=O)N[C@H]2CCCNC2=O)C1. The van der Waals surface area contributed by atoms with Gasteiger partial charge in [0.05, 0.1) is 6.54 Å². The summed E-state index contributed by atoms with van der Waals surface area (Å²) >= 11 is 0. The second-order valence-corrected chi connectivity index (χ2v) is 7.11. The summed E-state index contributed by atoms with van der Waals surface area (Å²) in [5.41, 5.74) is 3.70. The van der Waals surface area contributed by atoms with Gasteiger partial charge in [-0.2, -0.15) is 0 Å². The number of halogens is 1. The molecule has 0 unspecified atom stereocenters. The number of benzene rings is 1. The summed E-state index contributed by atoms with van der Waals surface area (Å²) in [6.07, 6.45) is 1.24. The molecule has 5 N–H and O–H groups in total. The Balaban J connectivity index is 1.81. The fraction of sp³-hybridized carbons (Fsp3) is 0.474. The number of piperazine rings is 1. The Morgan fingerprint density at radius 3 is 2.76 bits per heavy atom. The van der Waals surface area contributed by atoms with E-state index in [0.29, 0.717) is 13.0 Å². The van der Waals surface area contributed by atoms with Crippen molar-refractivity contribution in [3.05, 3.63) is 35.6 Å². The van der Waals surface area contributed by atoms with Crippen LogP contribution in [-0.4, -0.2) is 78.2 Å². The first-order chi connectivity index (χ1) is 13.9. The number of carbonyl (C=O) groups is 4. The highest BCUT2D eigenvalue weighted by atomic mass is 19.1. The molecule has 1 aromatic rings. The maximum absolute atomic E-state index is 13.6. The Bertz CT molecular complexity index is 818. The lowest BCUT2D eigenvalue weighted by Gasteiger charge is -2.40. The summed E-state index contributed by atoms with van der Waals surface area (Å²) in [6.45, 7) is 0.969. The van der Waals surface area contributed by atoms with Gasteiger partial charge in [0.25, 0.3) is 11.8 Å². The third kappa shape index (κ3) is 4.70. The Morgan fingerprint density at radius 2 is 2.07 bits per heavy atom. The van der Waals surface area contributed by atoms with Crippen LogP contribution in [0.3, 0.4) is 0 Å². The highest BCUT2D eigenvalue weighted by molar-refractivity contribution is 5.99. The van der Waals surface area contributed by atoms with E-state index in [1.807, 2.05) is 0 Å². The van der Waals surface area contributed by atoms with Crippen molar-refractivity contribution in [1.29, 1.82) is 0 Å². The van der Waals surface area contributed by atoms with Crippen molar-refractivity contribution in [2.45, 2.75) is 24.9 Å². The van der Waals surface area contributed by atoms with Crippen molar-refractivity contribution >= 4 is 23.6 Å². The van der Waals surface area contributed by atoms with Crippen LogP contribution in [0.1, 0.15) is 23.2 Å². The van der Waals surface area contributed by atoms with Gasteiger partial charge in [0.15, 0.2) is 6.54 Å². The van der Waals surface area contributed by atoms with E-state index in [4.69, 9.17) is 0 Å². The van der Waals surface area contributed by atoms with E-state index < -0.39 is 29.7 Å². The van der Waals surface area contributed by atoms with Gasteiger partial charge in [-0.05, 0) is 31.0 Å². The zero-order chi connectivity index (χ0) is 21.0. The van der Waals surface area contributed by atoms with Crippen molar-refractivity contribution in [1.82, 2.24) is 20.4 Å². The Kier molecular flexibility index (Phi) is 6.42. The Hall–Kier alpha value is -3.01. The highest BCUT2D eigenvalue weighted by Gasteiger charge is 2.39. The van der Waals surface area contributed by atoms with Crippen LogP contribution in [0.4, 0.5) is 4.39 Å². The summed E-state index contributed by atoms with van der Waals surface area (Å²) in [7, 11) is 0. The smallest absolute Gasteiger partial charge is 0.277 e. The first-order valence-corrected chi connectivity index (χ1v) is 9.62. The van der Waals surface area contributed by atoms with Gasteiger partial charge in [-0.3, -0.25) is 19.2 Å². The van der Waals surface area contributed by atoms with Gasteiger partial charge in [0.1, 0.15) is 17.9 Å². The van der Waals surface area contributed by atoms with Crippen LogP contribution in [-0.2, 0) is 14.4 Å². The number of piperidine rings is 1. The van der Waals surface area contributed by atoms with Crippen LogP contribution in [0.25, 0.3) is 0 Å². The molecular weight excluding hydrogens is 381 g/mol. The van der Waals surface area contributed by atoms with Crippen molar-refractivity contribution in [2.24, 2.45) is 0 Å². The van der Waals surface area contributed by atoms with Gasteiger partial charge in [0.2, 0.25) is 11.8 Å². The molecule has 4 amide bonds. The number of rotatable bonds is 4. The molecule has 156 valence electrons. The van der Waals surface area contributed by atoms with Gasteiger partial charge < -0.3 is 26.2 Å². The molecule has 2 aliphatic heterocycles. The molecule has 10 heteroatoms. The lowest BCUT2D eigenvalue weighted by molar-refractivity contribution is -0.357. The number of amides is 4. The normalized spacial score (nSPS) is 22.1. The molecule has 9 nitrogen and oxygen atoms in total. The lowest BCUT2D eigenvalue weighted by Crippen LogP contribution is -2.66. The molecule has 2 fully saturated rings. The molecule has 29 heavy (non-hydrogen) atoms. The van der Waals surface area contributed by atoms with E-state index in [1.54, 1.807) is 0 Å². The number of quaternary nitrogens is 1. The molecule has 2 aliphatic rings. The van der Waals surface area contributed by atoms with E-state index in [-0.39, 0.29) is 43.6 Å². The average molecular weight is 406 g/mol. The molecule has 0 aliphatic carbocycles. The van der Waals surface area contributed by atoms with Gasteiger partial charge >= 0.3 is 0 Å². The highest BCUT2D eigenvalue weighted by Crippen LogP contribution is 2.16. The van der Waals surface area contributed by atoms with Crippen molar-refractivity contribution in [3.63, 3.8) is 0 Å². The van der Waals surface area contributed by atoms with E-state index in [1.165, 1.54) is 28.0 Å². The maximum atomic E-state index is 13.6. The summed E-state index contributed by atoms with van der Waals surface area (Å²) in [4.78, 5) is 52.8. The minimum Gasteiger partial charge on any atom is -0.354 e. The van der Waals surface area contributed by atoms with Gasteiger partial charge in [-0.25, -0.2) is 4.39 Å². The first-order valence-electron chi connectivity index (χ1n) is 9.62. The van der Waals surface area contributed by atoms with Crippen LogP contribution >= 0.6 is 0 Å². The van der Waals surface area contributed by atoms with Crippen LogP contribution in [0.2, 0.25) is 0 Å². The predicted molar refractivity (Wildman–Crippen MR) is 99.7 cm³/mol. The quantitative estimate of drug-likeness (QED) is 0.541.